The van der Waals surface area contributed by atoms with Crippen molar-refractivity contribution < 1.29 is 17.2 Å². The summed E-state index contributed by atoms with van der Waals surface area (Å²) in [5, 5.41) is 0. The maximum absolute atomic E-state index is 13.6. The molecule has 1 aromatic rings. The topological polar surface area (TPSA) is 46.2 Å². The summed E-state index contributed by atoms with van der Waals surface area (Å²) >= 11 is 4.47. The van der Waals surface area contributed by atoms with Gasteiger partial charge in [-0.25, -0.2) is 21.9 Å². The van der Waals surface area contributed by atoms with Crippen LogP contribution in [0.1, 0.15) is 13.3 Å². The second-order valence-corrected chi connectivity index (χ2v) is 7.49. The molecule has 0 heterocycles. The molecule has 1 atom stereocenters. The highest BCUT2D eigenvalue weighted by molar-refractivity contribution is 9.10. The van der Waals surface area contributed by atoms with Crippen molar-refractivity contribution in [3.63, 3.8) is 0 Å². The number of halogens is 3. The molecule has 0 amide bonds. The van der Waals surface area contributed by atoms with E-state index in [1.807, 2.05) is 6.26 Å². The van der Waals surface area contributed by atoms with E-state index < -0.39 is 26.6 Å². The summed E-state index contributed by atoms with van der Waals surface area (Å²) in [6.07, 6.45) is 2.54. The fourth-order valence-electron chi connectivity index (χ4n) is 1.46. The molecular weight excluding hydrogens is 360 g/mol. The van der Waals surface area contributed by atoms with Crippen molar-refractivity contribution in [1.29, 1.82) is 0 Å². The zero-order valence-electron chi connectivity index (χ0n) is 10.4. The zero-order chi connectivity index (χ0) is 14.6. The van der Waals surface area contributed by atoms with Gasteiger partial charge in [0.05, 0.1) is 0 Å². The largest absolute Gasteiger partial charge is 0.244 e. The van der Waals surface area contributed by atoms with Crippen molar-refractivity contribution in [3.8, 4) is 0 Å². The first-order valence-corrected chi connectivity index (χ1v) is 9.10. The van der Waals surface area contributed by atoms with Crippen molar-refractivity contribution in [3.05, 3.63) is 28.2 Å². The minimum atomic E-state index is -4.02. The summed E-state index contributed by atoms with van der Waals surface area (Å²) < 4.78 is 52.9. The molecule has 1 aromatic carbocycles. The monoisotopic (exact) mass is 373 g/mol. The van der Waals surface area contributed by atoms with Gasteiger partial charge in [0.1, 0.15) is 16.5 Å². The highest BCUT2D eigenvalue weighted by atomic mass is 79.9. The van der Waals surface area contributed by atoms with Gasteiger partial charge in [-0.2, -0.15) is 11.8 Å². The lowest BCUT2D eigenvalue weighted by atomic mass is 10.3. The van der Waals surface area contributed by atoms with Gasteiger partial charge in [0.25, 0.3) is 0 Å². The van der Waals surface area contributed by atoms with Gasteiger partial charge in [0.2, 0.25) is 10.0 Å². The van der Waals surface area contributed by atoms with Gasteiger partial charge in [-0.05, 0) is 47.3 Å². The van der Waals surface area contributed by atoms with Gasteiger partial charge < -0.3 is 0 Å². The van der Waals surface area contributed by atoms with E-state index in [-0.39, 0.29) is 10.5 Å². The first-order chi connectivity index (χ1) is 8.77. The SMILES string of the molecule is CSCCC(C)NS(=O)(=O)c1c(F)cc(F)cc1Br. The number of nitrogens with one attached hydrogen (secondary N) is 1. The third-order valence-electron chi connectivity index (χ3n) is 2.34. The Hall–Kier alpha value is -0.180. The molecule has 0 bridgehead atoms. The Morgan fingerprint density at radius 3 is 2.58 bits per heavy atom. The quantitative estimate of drug-likeness (QED) is 0.832. The molecule has 108 valence electrons. The molecule has 0 aliphatic rings. The average molecular weight is 374 g/mol. The Labute approximate surface area is 124 Å². The van der Waals surface area contributed by atoms with Crippen LogP contribution >= 0.6 is 27.7 Å². The van der Waals surface area contributed by atoms with Crippen molar-refractivity contribution in [1.82, 2.24) is 4.72 Å². The van der Waals surface area contributed by atoms with Gasteiger partial charge in [0, 0.05) is 16.6 Å². The van der Waals surface area contributed by atoms with Crippen LogP contribution in [0.2, 0.25) is 0 Å². The van der Waals surface area contributed by atoms with Gasteiger partial charge in [-0.1, -0.05) is 0 Å². The molecule has 0 aliphatic carbocycles. The fourth-order valence-corrected chi connectivity index (χ4v) is 4.50. The first-order valence-electron chi connectivity index (χ1n) is 5.43. The minimum absolute atomic E-state index is 0.130. The van der Waals surface area contributed by atoms with Crippen LogP contribution in [0, 0.1) is 11.6 Å². The third kappa shape index (κ3) is 4.70. The smallest absolute Gasteiger partial charge is 0.208 e. The molecule has 0 fully saturated rings. The average Bonchev–Trinajstić information content (AvgIpc) is 2.23. The summed E-state index contributed by atoms with van der Waals surface area (Å²) in [5.74, 6) is -1.16. The molecule has 0 saturated carbocycles. The van der Waals surface area contributed by atoms with E-state index in [0.717, 1.165) is 11.8 Å². The van der Waals surface area contributed by atoms with Crippen LogP contribution in [-0.2, 0) is 10.0 Å². The summed E-state index contributed by atoms with van der Waals surface area (Å²) in [7, 11) is -4.02. The van der Waals surface area contributed by atoms with Crippen LogP contribution in [0.3, 0.4) is 0 Å². The van der Waals surface area contributed by atoms with Crippen molar-refractivity contribution in [2.75, 3.05) is 12.0 Å². The maximum atomic E-state index is 13.6. The van der Waals surface area contributed by atoms with E-state index in [0.29, 0.717) is 12.5 Å². The number of hydrogen-bond acceptors (Lipinski definition) is 3. The highest BCUT2D eigenvalue weighted by Crippen LogP contribution is 2.26. The molecule has 1 rings (SSSR count). The standard InChI is InChI=1S/C11H14BrF2NO2S2/c1-7(3-4-18-2)15-19(16,17)11-9(12)5-8(13)6-10(11)14/h5-7,15H,3-4H2,1-2H3. The second kappa shape index (κ2) is 7.01. The zero-order valence-corrected chi connectivity index (χ0v) is 13.6. The molecule has 3 nitrogen and oxygen atoms in total. The number of hydrogen-bond donors (Lipinski definition) is 1. The van der Waals surface area contributed by atoms with Crippen LogP contribution in [0.4, 0.5) is 8.78 Å². The van der Waals surface area contributed by atoms with E-state index >= 15 is 0 Å². The van der Waals surface area contributed by atoms with E-state index in [2.05, 4.69) is 20.7 Å². The Bertz CT molecular complexity index is 529. The van der Waals surface area contributed by atoms with Gasteiger partial charge in [0.15, 0.2) is 0 Å². The highest BCUT2D eigenvalue weighted by Gasteiger charge is 2.25. The maximum Gasteiger partial charge on any atom is 0.244 e. The molecule has 1 unspecified atom stereocenters. The molecule has 1 N–H and O–H groups in total. The lowest BCUT2D eigenvalue weighted by Crippen LogP contribution is -2.33. The predicted molar refractivity (Wildman–Crippen MR) is 76.8 cm³/mol. The lowest BCUT2D eigenvalue weighted by molar-refractivity contribution is 0.530. The molecule has 0 radical (unpaired) electrons. The van der Waals surface area contributed by atoms with E-state index in [9.17, 15) is 17.2 Å². The summed E-state index contributed by atoms with van der Waals surface area (Å²) in [6.45, 7) is 1.70. The molecule has 0 aliphatic heterocycles. The van der Waals surface area contributed by atoms with Crippen LogP contribution in [0.25, 0.3) is 0 Å². The molecule has 0 saturated heterocycles. The summed E-state index contributed by atoms with van der Waals surface area (Å²) in [6, 6.07) is 1.14. The van der Waals surface area contributed by atoms with Crippen molar-refractivity contribution >= 4 is 37.7 Å². The van der Waals surface area contributed by atoms with Crippen LogP contribution in [0.15, 0.2) is 21.5 Å². The number of sulfonamides is 1. The Morgan fingerprint density at radius 1 is 1.42 bits per heavy atom. The van der Waals surface area contributed by atoms with E-state index in [4.69, 9.17) is 0 Å². The van der Waals surface area contributed by atoms with Crippen molar-refractivity contribution in [2.24, 2.45) is 0 Å². The number of benzene rings is 1. The van der Waals surface area contributed by atoms with Crippen LogP contribution in [0.5, 0.6) is 0 Å². The third-order valence-corrected chi connectivity index (χ3v) is 5.54. The van der Waals surface area contributed by atoms with Gasteiger partial charge >= 0.3 is 0 Å². The molecule has 0 aromatic heterocycles. The second-order valence-electron chi connectivity index (χ2n) is 4.00. The number of thioether (sulfide) groups is 1. The fraction of sp³-hybridized carbons (Fsp3) is 0.455. The Kier molecular flexibility index (Phi) is 6.22. The summed E-state index contributed by atoms with van der Waals surface area (Å²) in [4.78, 5) is -0.565. The molecule has 0 spiro atoms. The van der Waals surface area contributed by atoms with E-state index in [1.165, 1.54) is 0 Å². The summed E-state index contributed by atoms with van der Waals surface area (Å²) in [5.41, 5.74) is 0. The van der Waals surface area contributed by atoms with Crippen LogP contribution in [-0.4, -0.2) is 26.5 Å². The minimum Gasteiger partial charge on any atom is -0.208 e. The van der Waals surface area contributed by atoms with Crippen LogP contribution < -0.4 is 4.72 Å². The van der Waals surface area contributed by atoms with Gasteiger partial charge in [-0.15, -0.1) is 0 Å². The van der Waals surface area contributed by atoms with Crippen molar-refractivity contribution in [2.45, 2.75) is 24.3 Å². The van der Waals surface area contributed by atoms with E-state index in [1.54, 1.807) is 18.7 Å². The molecule has 8 heteroatoms. The first kappa shape index (κ1) is 16.9. The number of rotatable bonds is 6. The lowest BCUT2D eigenvalue weighted by Gasteiger charge is -2.15. The normalized spacial score (nSPS) is 13.5. The Balaban J connectivity index is 3.01. The molecule has 19 heavy (non-hydrogen) atoms. The predicted octanol–water partition coefficient (Wildman–Crippen LogP) is 3.15. The Morgan fingerprint density at radius 2 is 2.05 bits per heavy atom. The molecular formula is C11H14BrF2NO2S2. The van der Waals surface area contributed by atoms with Gasteiger partial charge in [-0.3, -0.25) is 0 Å².